The molecule has 0 bridgehead atoms. The van der Waals surface area contributed by atoms with Crippen LogP contribution in [-0.4, -0.2) is 36.4 Å². The Morgan fingerprint density at radius 3 is 2.71 bits per heavy atom. The minimum atomic E-state index is -3.36. The molecule has 0 aliphatic carbocycles. The lowest BCUT2D eigenvalue weighted by Crippen LogP contribution is -2.30. The summed E-state index contributed by atoms with van der Waals surface area (Å²) in [7, 11) is 0. The molecule has 1 unspecified atom stereocenters. The van der Waals surface area contributed by atoms with Crippen molar-refractivity contribution in [2.24, 2.45) is 4.99 Å². The fraction of sp³-hybridized carbons (Fsp3) is 0.333. The monoisotopic (exact) mass is 295 g/mol. The summed E-state index contributed by atoms with van der Waals surface area (Å²) >= 11 is 0. The standard InChI is InChI=1S/C15H15F2NO3/c16-15(17)9-18-8-12(14(15)20)7-13(21-10-19)6-11-4-2-1-3-5-11/h1-5,8,10,13,20H,6-7,9H2. The van der Waals surface area contributed by atoms with Crippen LogP contribution in [0.15, 0.2) is 46.7 Å². The summed E-state index contributed by atoms with van der Waals surface area (Å²) in [6.45, 7) is -0.483. The number of hydrogen-bond donors (Lipinski definition) is 1. The second kappa shape index (κ2) is 6.47. The largest absolute Gasteiger partial charge is 0.506 e. The number of halogens is 2. The number of dihydropyridines is 1. The Balaban J connectivity index is 2.13. The van der Waals surface area contributed by atoms with Crippen molar-refractivity contribution in [2.45, 2.75) is 24.9 Å². The Hall–Kier alpha value is -2.24. The number of rotatable bonds is 6. The van der Waals surface area contributed by atoms with E-state index < -0.39 is 24.3 Å². The first-order valence-corrected chi connectivity index (χ1v) is 6.46. The quantitative estimate of drug-likeness (QED) is 0.821. The zero-order valence-electron chi connectivity index (χ0n) is 11.2. The molecule has 1 aliphatic heterocycles. The molecule has 1 aliphatic rings. The number of ether oxygens (including phenoxy) is 1. The summed E-state index contributed by atoms with van der Waals surface area (Å²) in [5.41, 5.74) is 0.901. The van der Waals surface area contributed by atoms with Crippen LogP contribution in [0.3, 0.4) is 0 Å². The van der Waals surface area contributed by atoms with E-state index in [2.05, 4.69) is 4.99 Å². The maximum atomic E-state index is 13.4. The van der Waals surface area contributed by atoms with Gasteiger partial charge in [-0.1, -0.05) is 30.3 Å². The topological polar surface area (TPSA) is 58.9 Å². The fourth-order valence-electron chi connectivity index (χ4n) is 2.16. The molecule has 1 aromatic carbocycles. The number of carbonyl (C=O) groups is 1. The minimum Gasteiger partial charge on any atom is -0.506 e. The van der Waals surface area contributed by atoms with Gasteiger partial charge in [0.15, 0.2) is 5.76 Å². The zero-order valence-corrected chi connectivity index (χ0v) is 11.2. The third-order valence-electron chi connectivity index (χ3n) is 3.19. The Bertz CT molecular complexity index is 555. The van der Waals surface area contributed by atoms with Gasteiger partial charge in [0, 0.05) is 24.6 Å². The highest BCUT2D eigenvalue weighted by Gasteiger charge is 2.38. The van der Waals surface area contributed by atoms with Crippen LogP contribution in [0.5, 0.6) is 0 Å². The van der Waals surface area contributed by atoms with Gasteiger partial charge >= 0.3 is 5.92 Å². The average molecular weight is 295 g/mol. The predicted molar refractivity (Wildman–Crippen MR) is 73.7 cm³/mol. The highest BCUT2D eigenvalue weighted by molar-refractivity contribution is 5.81. The van der Waals surface area contributed by atoms with Gasteiger partial charge in [-0.3, -0.25) is 9.79 Å². The van der Waals surface area contributed by atoms with Crippen molar-refractivity contribution in [3.63, 3.8) is 0 Å². The Morgan fingerprint density at radius 1 is 1.33 bits per heavy atom. The average Bonchev–Trinajstić information content (AvgIpc) is 2.45. The molecule has 0 saturated carbocycles. The SMILES string of the molecule is O=COC(CC1=C(O)C(F)(F)CN=C1)Cc1ccccc1. The predicted octanol–water partition coefficient (Wildman–Crippen LogP) is 2.69. The maximum Gasteiger partial charge on any atom is 0.323 e. The third-order valence-corrected chi connectivity index (χ3v) is 3.19. The van der Waals surface area contributed by atoms with Gasteiger partial charge in [-0.15, -0.1) is 0 Å². The summed E-state index contributed by atoms with van der Waals surface area (Å²) < 4.78 is 31.7. The van der Waals surface area contributed by atoms with E-state index in [1.807, 2.05) is 30.3 Å². The molecule has 1 N–H and O–H groups in total. The summed E-state index contributed by atoms with van der Waals surface area (Å²) in [4.78, 5) is 14.1. The number of aliphatic imine (C=N–C) groups is 1. The Morgan fingerprint density at radius 2 is 2.05 bits per heavy atom. The summed E-state index contributed by atoms with van der Waals surface area (Å²) in [6, 6.07) is 9.21. The molecule has 0 fully saturated rings. The van der Waals surface area contributed by atoms with E-state index in [1.165, 1.54) is 6.21 Å². The number of alkyl halides is 2. The van der Waals surface area contributed by atoms with E-state index in [4.69, 9.17) is 4.74 Å². The van der Waals surface area contributed by atoms with Crippen molar-refractivity contribution in [1.29, 1.82) is 0 Å². The molecule has 0 amide bonds. The lowest BCUT2D eigenvalue weighted by atomic mass is 9.98. The van der Waals surface area contributed by atoms with Crippen molar-refractivity contribution in [1.82, 2.24) is 0 Å². The van der Waals surface area contributed by atoms with Crippen LogP contribution in [0, 0.1) is 0 Å². The molecule has 21 heavy (non-hydrogen) atoms. The maximum absolute atomic E-state index is 13.4. The number of aliphatic hydroxyl groups excluding tert-OH is 1. The van der Waals surface area contributed by atoms with Crippen molar-refractivity contribution >= 4 is 12.7 Å². The van der Waals surface area contributed by atoms with Crippen molar-refractivity contribution in [3.05, 3.63) is 47.2 Å². The molecule has 0 spiro atoms. The van der Waals surface area contributed by atoms with Crippen molar-refractivity contribution in [3.8, 4) is 0 Å². The second-order valence-corrected chi connectivity index (χ2v) is 4.80. The molecule has 1 atom stereocenters. The second-order valence-electron chi connectivity index (χ2n) is 4.80. The highest BCUT2D eigenvalue weighted by atomic mass is 19.3. The minimum absolute atomic E-state index is 0.00553. The summed E-state index contributed by atoms with van der Waals surface area (Å²) in [5, 5.41) is 9.57. The molecule has 1 aromatic rings. The molecular weight excluding hydrogens is 280 g/mol. The van der Waals surface area contributed by atoms with Gasteiger partial charge in [-0.05, 0) is 5.56 Å². The first-order chi connectivity index (χ1) is 10.0. The van der Waals surface area contributed by atoms with Gasteiger partial charge in [-0.2, -0.15) is 8.78 Å². The molecule has 0 radical (unpaired) electrons. The first kappa shape index (κ1) is 15.2. The highest BCUT2D eigenvalue weighted by Crippen LogP contribution is 2.29. The number of benzene rings is 1. The van der Waals surface area contributed by atoms with Gasteiger partial charge in [0.1, 0.15) is 12.6 Å². The van der Waals surface area contributed by atoms with Crippen molar-refractivity contribution < 1.29 is 23.4 Å². The summed E-state index contributed by atoms with van der Waals surface area (Å²) in [6.07, 6.45) is 0.926. The molecule has 2 rings (SSSR count). The summed E-state index contributed by atoms with van der Waals surface area (Å²) in [5.74, 6) is -4.35. The number of nitrogens with zero attached hydrogens (tertiary/aromatic N) is 1. The van der Waals surface area contributed by atoms with Crippen LogP contribution in [0.4, 0.5) is 8.78 Å². The van der Waals surface area contributed by atoms with E-state index in [1.54, 1.807) is 0 Å². The van der Waals surface area contributed by atoms with E-state index in [0.29, 0.717) is 6.42 Å². The number of aliphatic hydroxyl groups is 1. The van der Waals surface area contributed by atoms with E-state index in [9.17, 15) is 18.7 Å². The molecule has 0 aromatic heterocycles. The molecule has 0 saturated heterocycles. The molecular formula is C15H15F2NO3. The van der Waals surface area contributed by atoms with Gasteiger partial charge < -0.3 is 9.84 Å². The lowest BCUT2D eigenvalue weighted by molar-refractivity contribution is -0.133. The van der Waals surface area contributed by atoms with E-state index in [-0.39, 0.29) is 18.5 Å². The van der Waals surface area contributed by atoms with Crippen LogP contribution in [0.2, 0.25) is 0 Å². The lowest BCUT2D eigenvalue weighted by Gasteiger charge is -2.22. The van der Waals surface area contributed by atoms with Crippen LogP contribution in [0.1, 0.15) is 12.0 Å². The van der Waals surface area contributed by atoms with Crippen LogP contribution in [-0.2, 0) is 16.0 Å². The Kier molecular flexibility index (Phi) is 4.67. The zero-order chi connectivity index (χ0) is 15.3. The number of carbonyl (C=O) groups excluding carboxylic acids is 1. The van der Waals surface area contributed by atoms with Crippen LogP contribution >= 0.6 is 0 Å². The third kappa shape index (κ3) is 3.87. The van der Waals surface area contributed by atoms with Gasteiger partial charge in [0.2, 0.25) is 0 Å². The number of hydrogen-bond acceptors (Lipinski definition) is 4. The van der Waals surface area contributed by atoms with E-state index in [0.717, 1.165) is 5.56 Å². The van der Waals surface area contributed by atoms with Gasteiger partial charge in [0.25, 0.3) is 6.47 Å². The van der Waals surface area contributed by atoms with Crippen LogP contribution in [0.25, 0.3) is 0 Å². The molecule has 112 valence electrons. The molecule has 1 heterocycles. The first-order valence-electron chi connectivity index (χ1n) is 6.46. The van der Waals surface area contributed by atoms with Crippen LogP contribution < -0.4 is 0 Å². The normalized spacial score (nSPS) is 18.4. The van der Waals surface area contributed by atoms with E-state index >= 15 is 0 Å². The smallest absolute Gasteiger partial charge is 0.323 e. The van der Waals surface area contributed by atoms with Crippen molar-refractivity contribution in [2.75, 3.05) is 6.54 Å². The van der Waals surface area contributed by atoms with Gasteiger partial charge in [-0.25, -0.2) is 0 Å². The molecule has 6 heteroatoms. The van der Waals surface area contributed by atoms with Gasteiger partial charge in [0.05, 0.1) is 0 Å². The molecule has 4 nitrogen and oxygen atoms in total. The fourth-order valence-corrected chi connectivity index (χ4v) is 2.16. The Labute approximate surface area is 120 Å².